The van der Waals surface area contributed by atoms with Crippen LogP contribution in [0.3, 0.4) is 0 Å². The van der Waals surface area contributed by atoms with Gasteiger partial charge in [-0.05, 0) is 42.7 Å². The lowest BCUT2D eigenvalue weighted by Gasteiger charge is -2.11. The second kappa shape index (κ2) is 7.99. The highest BCUT2D eigenvalue weighted by Crippen LogP contribution is 2.34. The zero-order chi connectivity index (χ0) is 20.3. The van der Waals surface area contributed by atoms with Crippen LogP contribution in [-0.2, 0) is 27.8 Å². The molecule has 0 spiro atoms. The van der Waals surface area contributed by atoms with E-state index in [1.165, 1.54) is 13.2 Å². The summed E-state index contributed by atoms with van der Waals surface area (Å²) in [7, 11) is -3.78. The van der Waals surface area contributed by atoms with Crippen LogP contribution in [-0.4, -0.2) is 19.5 Å². The number of rotatable bonds is 7. The number of benzene rings is 1. The minimum absolute atomic E-state index is 0.0453. The molecule has 0 saturated carbocycles. The quantitative estimate of drug-likeness (QED) is 0.626. The van der Waals surface area contributed by atoms with Crippen molar-refractivity contribution in [1.29, 1.82) is 0 Å². The molecule has 0 fully saturated rings. The van der Waals surface area contributed by atoms with Gasteiger partial charge >= 0.3 is 0 Å². The van der Waals surface area contributed by atoms with Gasteiger partial charge in [-0.25, -0.2) is 13.1 Å². The molecule has 0 aliphatic rings. The molecule has 0 atom stereocenters. The molecule has 8 nitrogen and oxygen atoms in total. The third-order valence-electron chi connectivity index (χ3n) is 4.17. The molecule has 9 heteroatoms. The van der Waals surface area contributed by atoms with Crippen LogP contribution in [0, 0.1) is 6.92 Å². The Morgan fingerprint density at radius 2 is 2.04 bits per heavy atom. The van der Waals surface area contributed by atoms with Gasteiger partial charge in [-0.2, -0.15) is 0 Å². The van der Waals surface area contributed by atoms with Gasteiger partial charge in [0.25, 0.3) is 0 Å². The first-order valence-electron chi connectivity index (χ1n) is 8.71. The number of sulfonamides is 1. The molecule has 2 heterocycles. The highest BCUT2D eigenvalue weighted by molar-refractivity contribution is 7.89. The Balaban J connectivity index is 2.00. The average molecular weight is 403 g/mol. The van der Waals surface area contributed by atoms with E-state index in [1.54, 1.807) is 37.3 Å². The van der Waals surface area contributed by atoms with E-state index in [2.05, 4.69) is 15.2 Å². The molecule has 0 radical (unpaired) electrons. The second-order valence-corrected chi connectivity index (χ2v) is 7.99. The summed E-state index contributed by atoms with van der Waals surface area (Å²) in [6.45, 7) is 5.02. The summed E-state index contributed by atoms with van der Waals surface area (Å²) in [5.74, 6) is 0.401. The molecule has 3 aromatic rings. The van der Waals surface area contributed by atoms with E-state index in [0.29, 0.717) is 34.6 Å². The Labute approximate surface area is 163 Å². The van der Waals surface area contributed by atoms with E-state index < -0.39 is 10.0 Å². The van der Waals surface area contributed by atoms with Gasteiger partial charge in [0, 0.05) is 6.92 Å². The predicted molar refractivity (Wildman–Crippen MR) is 103 cm³/mol. The number of carbonyl (C=O) groups is 1. The lowest BCUT2D eigenvalue weighted by Crippen LogP contribution is -2.23. The molecular formula is C19H21N3O5S. The zero-order valence-electron chi connectivity index (χ0n) is 15.8. The van der Waals surface area contributed by atoms with Gasteiger partial charge in [-0.15, -0.1) is 0 Å². The largest absolute Gasteiger partial charge is 0.468 e. The fourth-order valence-electron chi connectivity index (χ4n) is 2.81. The van der Waals surface area contributed by atoms with Crippen molar-refractivity contribution in [2.75, 3.05) is 5.32 Å². The number of anilines is 1. The fourth-order valence-corrected chi connectivity index (χ4v) is 4.07. The summed E-state index contributed by atoms with van der Waals surface area (Å²) in [6, 6.07) is 8.42. The van der Waals surface area contributed by atoms with Crippen LogP contribution in [0.1, 0.15) is 30.9 Å². The fraction of sp³-hybridized carbons (Fsp3) is 0.263. The molecule has 148 valence electrons. The molecule has 2 aromatic heterocycles. The molecule has 1 aromatic carbocycles. The maximum Gasteiger partial charge on any atom is 0.241 e. The Morgan fingerprint density at radius 3 is 2.68 bits per heavy atom. The first-order valence-corrected chi connectivity index (χ1v) is 10.2. The first kappa shape index (κ1) is 19.8. The number of carbonyl (C=O) groups excluding carboxylic acids is 1. The van der Waals surface area contributed by atoms with Crippen LogP contribution in [0.25, 0.3) is 11.1 Å². The summed E-state index contributed by atoms with van der Waals surface area (Å²) in [4.78, 5) is 11.6. The topological polar surface area (TPSA) is 114 Å². The molecule has 1 amide bonds. The van der Waals surface area contributed by atoms with E-state index in [1.807, 2.05) is 6.92 Å². The lowest BCUT2D eigenvalue weighted by atomic mass is 10.0. The highest BCUT2D eigenvalue weighted by atomic mass is 32.2. The number of aromatic nitrogens is 1. The number of hydrogen-bond acceptors (Lipinski definition) is 6. The number of nitrogens with zero attached hydrogens (tertiary/aromatic N) is 1. The van der Waals surface area contributed by atoms with E-state index in [0.717, 1.165) is 0 Å². The molecule has 0 unspecified atom stereocenters. The number of nitrogens with one attached hydrogen (secondary N) is 2. The van der Waals surface area contributed by atoms with Crippen molar-refractivity contribution in [3.05, 3.63) is 53.6 Å². The van der Waals surface area contributed by atoms with Crippen molar-refractivity contribution >= 4 is 21.8 Å². The van der Waals surface area contributed by atoms with Crippen LogP contribution in [0.5, 0.6) is 0 Å². The first-order chi connectivity index (χ1) is 13.3. The van der Waals surface area contributed by atoms with Crippen molar-refractivity contribution < 1.29 is 22.2 Å². The van der Waals surface area contributed by atoms with Crippen LogP contribution in [0.2, 0.25) is 0 Å². The van der Waals surface area contributed by atoms with Crippen molar-refractivity contribution in [2.24, 2.45) is 0 Å². The molecule has 3 rings (SSSR count). The number of amides is 1. The normalized spacial score (nSPS) is 11.5. The maximum atomic E-state index is 12.8. The van der Waals surface area contributed by atoms with Gasteiger partial charge in [0.2, 0.25) is 21.8 Å². The van der Waals surface area contributed by atoms with Gasteiger partial charge < -0.3 is 8.94 Å². The standard InChI is InChI=1S/C19H21N3O5S/c1-4-16-18(19(27-22-16)21-13(3)23)14-8-7-12(2)17(10-14)28(24,25)20-11-15-6-5-9-26-15/h5-10,20H,4,11H2,1-3H3,(H,21,23). The third kappa shape index (κ3) is 4.15. The Morgan fingerprint density at radius 1 is 1.25 bits per heavy atom. The summed E-state index contributed by atoms with van der Waals surface area (Å²) >= 11 is 0. The van der Waals surface area contributed by atoms with Crippen LogP contribution in [0.15, 0.2) is 50.4 Å². The second-order valence-electron chi connectivity index (χ2n) is 6.25. The molecule has 0 aliphatic carbocycles. The van der Waals surface area contributed by atoms with Crippen molar-refractivity contribution in [3.63, 3.8) is 0 Å². The smallest absolute Gasteiger partial charge is 0.241 e. The van der Waals surface area contributed by atoms with E-state index >= 15 is 0 Å². The summed E-state index contributed by atoms with van der Waals surface area (Å²) in [5, 5.41) is 6.58. The Kier molecular flexibility index (Phi) is 5.66. The zero-order valence-corrected chi connectivity index (χ0v) is 16.6. The van der Waals surface area contributed by atoms with E-state index in [9.17, 15) is 13.2 Å². The maximum absolute atomic E-state index is 12.8. The summed E-state index contributed by atoms with van der Waals surface area (Å²) < 4.78 is 38.6. The van der Waals surface area contributed by atoms with Crippen LogP contribution < -0.4 is 10.0 Å². The molecule has 0 saturated heterocycles. The average Bonchev–Trinajstić information content (AvgIpc) is 3.29. The van der Waals surface area contributed by atoms with Crippen molar-refractivity contribution in [2.45, 2.75) is 38.6 Å². The summed E-state index contributed by atoms with van der Waals surface area (Å²) in [5.41, 5.74) is 2.37. The van der Waals surface area contributed by atoms with Gasteiger partial charge in [0.15, 0.2) is 0 Å². The van der Waals surface area contributed by atoms with E-state index in [4.69, 9.17) is 8.94 Å². The van der Waals surface area contributed by atoms with Gasteiger partial charge in [0.05, 0.1) is 29.0 Å². The SMILES string of the molecule is CCc1noc(NC(C)=O)c1-c1ccc(C)c(S(=O)(=O)NCc2ccco2)c1. The number of furan rings is 1. The van der Waals surface area contributed by atoms with E-state index in [-0.39, 0.29) is 23.2 Å². The number of aryl methyl sites for hydroxylation is 2. The molecule has 2 N–H and O–H groups in total. The Bertz CT molecular complexity index is 1080. The monoisotopic (exact) mass is 403 g/mol. The van der Waals surface area contributed by atoms with Crippen molar-refractivity contribution in [3.8, 4) is 11.1 Å². The lowest BCUT2D eigenvalue weighted by molar-refractivity contribution is -0.114. The minimum Gasteiger partial charge on any atom is -0.468 e. The minimum atomic E-state index is -3.78. The molecule has 28 heavy (non-hydrogen) atoms. The van der Waals surface area contributed by atoms with Gasteiger partial charge in [-0.3, -0.25) is 10.1 Å². The molecular weight excluding hydrogens is 382 g/mol. The molecule has 0 aliphatic heterocycles. The van der Waals surface area contributed by atoms with Gasteiger partial charge in [0.1, 0.15) is 5.76 Å². The predicted octanol–water partition coefficient (Wildman–Crippen LogP) is 3.24. The van der Waals surface area contributed by atoms with Crippen LogP contribution in [0.4, 0.5) is 5.88 Å². The summed E-state index contributed by atoms with van der Waals surface area (Å²) in [6.07, 6.45) is 2.04. The van der Waals surface area contributed by atoms with Crippen molar-refractivity contribution in [1.82, 2.24) is 9.88 Å². The van der Waals surface area contributed by atoms with Crippen LogP contribution >= 0.6 is 0 Å². The highest BCUT2D eigenvalue weighted by Gasteiger charge is 2.22. The Hall–Kier alpha value is -2.91. The van der Waals surface area contributed by atoms with Gasteiger partial charge in [-0.1, -0.05) is 24.2 Å². The molecule has 0 bridgehead atoms. The number of hydrogen-bond donors (Lipinski definition) is 2. The third-order valence-corrected chi connectivity index (χ3v) is 5.71.